The second kappa shape index (κ2) is 10.5. The molecule has 1 aliphatic rings. The van der Waals surface area contributed by atoms with Crippen molar-refractivity contribution < 1.29 is 10.2 Å². The van der Waals surface area contributed by atoms with Crippen LogP contribution in [-0.2, 0) is 0 Å². The molecule has 0 radical (unpaired) electrons. The van der Waals surface area contributed by atoms with E-state index >= 15 is 0 Å². The lowest BCUT2D eigenvalue weighted by molar-refractivity contribution is 0.0498. The number of nitrogens with one attached hydrogen (secondary N) is 2. The highest BCUT2D eigenvalue weighted by molar-refractivity contribution is 4.79. The highest BCUT2D eigenvalue weighted by Gasteiger charge is 2.24. The maximum Gasteiger partial charge on any atom is 0.117 e. The van der Waals surface area contributed by atoms with Gasteiger partial charge in [0, 0.05) is 18.6 Å². The van der Waals surface area contributed by atoms with E-state index in [2.05, 4.69) is 10.6 Å². The number of aliphatic hydroxyl groups excluding tert-OH is 2. The molecule has 0 amide bonds. The van der Waals surface area contributed by atoms with Gasteiger partial charge in [0.1, 0.15) is 12.5 Å². The average molecular weight is 302 g/mol. The van der Waals surface area contributed by atoms with Crippen LogP contribution in [0.4, 0.5) is 0 Å². The molecule has 1 aliphatic carbocycles. The van der Waals surface area contributed by atoms with E-state index in [1.807, 2.05) is 7.05 Å². The van der Waals surface area contributed by atoms with Gasteiger partial charge in [0.2, 0.25) is 0 Å². The summed E-state index contributed by atoms with van der Waals surface area (Å²) >= 11 is 0. The van der Waals surface area contributed by atoms with E-state index in [9.17, 15) is 10.2 Å². The van der Waals surface area contributed by atoms with Gasteiger partial charge >= 0.3 is 0 Å². The third-order valence-electron chi connectivity index (χ3n) is 4.41. The quantitative estimate of drug-likeness (QED) is 0.312. The highest BCUT2D eigenvalue weighted by Crippen LogP contribution is 2.27. The Hall–Kier alpha value is -0.240. The van der Waals surface area contributed by atoms with Gasteiger partial charge in [-0.05, 0) is 32.2 Å². The molecule has 1 fully saturated rings. The van der Waals surface area contributed by atoms with Crippen molar-refractivity contribution in [1.82, 2.24) is 10.6 Å². The molecule has 1 saturated carbocycles. The van der Waals surface area contributed by atoms with E-state index in [1.54, 1.807) is 0 Å². The molecule has 0 aromatic carbocycles. The van der Waals surface area contributed by atoms with E-state index in [0.29, 0.717) is 12.3 Å². The van der Waals surface area contributed by atoms with Crippen LogP contribution in [0.3, 0.4) is 0 Å². The molecule has 0 bridgehead atoms. The minimum atomic E-state index is -0.937. The number of likely N-dealkylation sites (N-methyl/N-ethyl adjacent to an activating group) is 1. The van der Waals surface area contributed by atoms with Crippen LogP contribution in [0.2, 0.25) is 0 Å². The summed E-state index contributed by atoms with van der Waals surface area (Å²) < 4.78 is 0. The van der Waals surface area contributed by atoms with Crippen molar-refractivity contribution in [3.63, 3.8) is 0 Å². The van der Waals surface area contributed by atoms with Gasteiger partial charge in [-0.25, -0.2) is 0 Å². The van der Waals surface area contributed by atoms with E-state index < -0.39 is 12.5 Å². The molecular formula is C15H34N4O2. The number of aliphatic hydroxyl groups is 2. The zero-order valence-corrected chi connectivity index (χ0v) is 13.3. The number of nitrogens with two attached hydrogens (primary N) is 2. The topological polar surface area (TPSA) is 117 Å². The van der Waals surface area contributed by atoms with Crippen LogP contribution < -0.4 is 22.1 Å². The van der Waals surface area contributed by atoms with Crippen molar-refractivity contribution in [2.24, 2.45) is 17.4 Å². The van der Waals surface area contributed by atoms with Gasteiger partial charge in [-0.2, -0.15) is 0 Å². The van der Waals surface area contributed by atoms with Gasteiger partial charge in [0.15, 0.2) is 0 Å². The van der Waals surface area contributed by atoms with Crippen LogP contribution in [0, 0.1) is 5.92 Å². The minimum absolute atomic E-state index is 0.0334. The molecule has 0 aromatic heterocycles. The van der Waals surface area contributed by atoms with E-state index in [4.69, 9.17) is 11.5 Å². The third kappa shape index (κ3) is 8.09. The molecule has 21 heavy (non-hydrogen) atoms. The fourth-order valence-corrected chi connectivity index (χ4v) is 3.15. The number of hydrogen-bond acceptors (Lipinski definition) is 6. The summed E-state index contributed by atoms with van der Waals surface area (Å²) in [6, 6.07) is -0.213. The first-order chi connectivity index (χ1) is 10.0. The summed E-state index contributed by atoms with van der Waals surface area (Å²) in [4.78, 5) is 0. The molecule has 0 aliphatic heterocycles. The lowest BCUT2D eigenvalue weighted by Gasteiger charge is -2.30. The molecule has 0 saturated heterocycles. The average Bonchev–Trinajstić information content (AvgIpc) is 2.46. The molecule has 6 nitrogen and oxygen atoms in total. The molecular weight excluding hydrogens is 268 g/mol. The summed E-state index contributed by atoms with van der Waals surface area (Å²) in [5, 5.41) is 25.9. The normalized spacial score (nSPS) is 22.7. The first-order valence-electron chi connectivity index (χ1n) is 8.31. The van der Waals surface area contributed by atoms with Crippen LogP contribution in [0.15, 0.2) is 0 Å². The summed E-state index contributed by atoms with van der Waals surface area (Å²) in [7, 11) is 1.86. The van der Waals surface area contributed by atoms with Crippen molar-refractivity contribution in [1.29, 1.82) is 0 Å². The van der Waals surface area contributed by atoms with Crippen molar-refractivity contribution in [3.8, 4) is 0 Å². The maximum atomic E-state index is 10.1. The number of hydrogen-bond donors (Lipinski definition) is 6. The van der Waals surface area contributed by atoms with E-state index in [0.717, 1.165) is 19.4 Å². The Kier molecular flexibility index (Phi) is 9.39. The summed E-state index contributed by atoms with van der Waals surface area (Å²) in [6.07, 6.45) is 6.76. The second-order valence-electron chi connectivity index (χ2n) is 6.41. The Balaban J connectivity index is 2.31. The first kappa shape index (κ1) is 18.8. The molecule has 1 rings (SSSR count). The Morgan fingerprint density at radius 2 is 1.76 bits per heavy atom. The standard InChI is InChI=1S/C15H34N4O2/c1-18-10-12(16)7-8-14(20)19-13(15(17)21)9-11-5-3-2-4-6-11/h11-15,18-21H,2-10,16-17H2,1H3. The smallest absolute Gasteiger partial charge is 0.117 e. The van der Waals surface area contributed by atoms with Crippen LogP contribution in [-0.4, -0.2) is 48.3 Å². The summed E-state index contributed by atoms with van der Waals surface area (Å²) in [6.45, 7) is 0.734. The Morgan fingerprint density at radius 3 is 2.33 bits per heavy atom. The molecule has 4 unspecified atom stereocenters. The number of rotatable bonds is 10. The molecule has 8 N–H and O–H groups in total. The van der Waals surface area contributed by atoms with E-state index in [1.165, 1.54) is 32.1 Å². The Bertz CT molecular complexity index is 260. The largest absolute Gasteiger partial charge is 0.379 e. The Morgan fingerprint density at radius 1 is 1.10 bits per heavy atom. The predicted octanol–water partition coefficient (Wildman–Crippen LogP) is -0.163. The van der Waals surface area contributed by atoms with Crippen LogP contribution in [0.5, 0.6) is 0 Å². The van der Waals surface area contributed by atoms with Crippen LogP contribution >= 0.6 is 0 Å². The molecule has 4 atom stereocenters. The molecule has 0 spiro atoms. The summed E-state index contributed by atoms with van der Waals surface area (Å²) in [5.74, 6) is 0.605. The lowest BCUT2D eigenvalue weighted by atomic mass is 9.84. The predicted molar refractivity (Wildman–Crippen MR) is 85.5 cm³/mol. The van der Waals surface area contributed by atoms with Crippen molar-refractivity contribution in [3.05, 3.63) is 0 Å². The molecule has 126 valence electrons. The third-order valence-corrected chi connectivity index (χ3v) is 4.41. The van der Waals surface area contributed by atoms with Crippen molar-refractivity contribution in [2.45, 2.75) is 75.9 Å². The maximum absolute atomic E-state index is 10.1. The lowest BCUT2D eigenvalue weighted by Crippen LogP contribution is -2.50. The van der Waals surface area contributed by atoms with Crippen LogP contribution in [0.25, 0.3) is 0 Å². The van der Waals surface area contributed by atoms with Gasteiger partial charge < -0.3 is 27.0 Å². The fraction of sp³-hybridized carbons (Fsp3) is 1.00. The van der Waals surface area contributed by atoms with Crippen molar-refractivity contribution >= 4 is 0 Å². The van der Waals surface area contributed by atoms with Gasteiger partial charge in [-0.15, -0.1) is 0 Å². The fourth-order valence-electron chi connectivity index (χ4n) is 3.15. The van der Waals surface area contributed by atoms with Gasteiger partial charge in [0.05, 0.1) is 0 Å². The van der Waals surface area contributed by atoms with Crippen molar-refractivity contribution in [2.75, 3.05) is 13.6 Å². The van der Waals surface area contributed by atoms with Crippen LogP contribution in [0.1, 0.15) is 51.4 Å². The first-order valence-corrected chi connectivity index (χ1v) is 8.31. The molecule has 0 aromatic rings. The molecule has 6 heteroatoms. The monoisotopic (exact) mass is 302 g/mol. The minimum Gasteiger partial charge on any atom is -0.379 e. The zero-order valence-electron chi connectivity index (χ0n) is 13.3. The SMILES string of the molecule is CNCC(N)CCC(O)NC(CC1CCCCC1)C(N)O. The zero-order chi connectivity index (χ0) is 15.7. The highest BCUT2D eigenvalue weighted by atomic mass is 16.3. The molecule has 0 heterocycles. The Labute approximate surface area is 128 Å². The summed E-state index contributed by atoms with van der Waals surface area (Å²) in [5.41, 5.74) is 11.6. The van der Waals surface area contributed by atoms with E-state index in [-0.39, 0.29) is 12.1 Å². The van der Waals surface area contributed by atoms with Gasteiger partial charge in [-0.1, -0.05) is 32.1 Å². The second-order valence-corrected chi connectivity index (χ2v) is 6.41. The van der Waals surface area contributed by atoms with Gasteiger partial charge in [-0.3, -0.25) is 5.32 Å². The van der Waals surface area contributed by atoms with Gasteiger partial charge in [0.25, 0.3) is 0 Å².